The summed E-state index contributed by atoms with van der Waals surface area (Å²) in [7, 11) is 0. The van der Waals surface area contributed by atoms with Gasteiger partial charge >= 0.3 is 6.09 Å². The molecule has 0 unspecified atom stereocenters. The minimum absolute atomic E-state index is 0.0359. The number of carbonyl (C=O) groups excluding carboxylic acids is 1. The highest BCUT2D eigenvalue weighted by Gasteiger charge is 2.27. The molecule has 0 spiro atoms. The van der Waals surface area contributed by atoms with Crippen LogP contribution in [0.1, 0.15) is 70.8 Å². The first-order valence-corrected chi connectivity index (χ1v) is 11.0. The summed E-state index contributed by atoms with van der Waals surface area (Å²) in [5.41, 5.74) is 6.13. The van der Waals surface area contributed by atoms with E-state index in [0.717, 1.165) is 24.6 Å². The molecule has 0 aromatic heterocycles. The van der Waals surface area contributed by atoms with Crippen molar-refractivity contribution in [2.75, 3.05) is 25.4 Å². The first-order valence-electron chi connectivity index (χ1n) is 11.0. The molecular formula is C23H33F2N3O3. The topological polar surface area (TPSA) is 77.1 Å². The predicted molar refractivity (Wildman–Crippen MR) is 116 cm³/mol. The summed E-state index contributed by atoms with van der Waals surface area (Å²) in [5.74, 6) is -0.701. The van der Waals surface area contributed by atoms with E-state index in [1.807, 2.05) is 20.8 Å². The molecule has 31 heavy (non-hydrogen) atoms. The normalized spacial score (nSPS) is 20.5. The third-order valence-corrected chi connectivity index (χ3v) is 5.89. The van der Waals surface area contributed by atoms with Gasteiger partial charge in [0.2, 0.25) is 0 Å². The van der Waals surface area contributed by atoms with Crippen LogP contribution in [-0.4, -0.2) is 42.0 Å². The van der Waals surface area contributed by atoms with Gasteiger partial charge in [0, 0.05) is 19.2 Å². The van der Waals surface area contributed by atoms with Crippen molar-refractivity contribution in [1.29, 1.82) is 0 Å². The molecule has 1 aliphatic heterocycles. The molecular weight excluding hydrogens is 404 g/mol. The summed E-state index contributed by atoms with van der Waals surface area (Å²) in [6, 6.07) is 2.28. The number of rotatable bonds is 4. The average Bonchev–Trinajstić information content (AvgIpc) is 2.70. The van der Waals surface area contributed by atoms with Crippen LogP contribution < -0.4 is 5.73 Å². The van der Waals surface area contributed by atoms with E-state index >= 15 is 0 Å². The molecule has 1 heterocycles. The molecule has 3 rings (SSSR count). The fraction of sp³-hybridized carbons (Fsp3) is 0.652. The Labute approximate surface area is 182 Å². The zero-order valence-corrected chi connectivity index (χ0v) is 18.6. The monoisotopic (exact) mass is 437 g/mol. The van der Waals surface area contributed by atoms with Gasteiger partial charge in [-0.1, -0.05) is 5.16 Å². The Kier molecular flexibility index (Phi) is 7.38. The van der Waals surface area contributed by atoms with Crippen molar-refractivity contribution in [1.82, 2.24) is 4.90 Å². The molecule has 1 aliphatic carbocycles. The van der Waals surface area contributed by atoms with E-state index in [2.05, 4.69) is 5.16 Å². The van der Waals surface area contributed by atoms with E-state index in [1.54, 1.807) is 4.90 Å². The number of piperidine rings is 1. The number of nitrogen functional groups attached to an aromatic ring is 1. The molecule has 0 radical (unpaired) electrons. The maximum atomic E-state index is 14.1. The lowest BCUT2D eigenvalue weighted by molar-refractivity contribution is 0.0120. The Morgan fingerprint density at radius 2 is 1.77 bits per heavy atom. The number of nitrogens with zero attached hydrogens (tertiary/aromatic N) is 2. The van der Waals surface area contributed by atoms with Gasteiger partial charge in [0.15, 0.2) is 0 Å². The fourth-order valence-electron chi connectivity index (χ4n) is 4.09. The van der Waals surface area contributed by atoms with Crippen LogP contribution >= 0.6 is 0 Å². The number of nitrogens with two attached hydrogens (primary N) is 1. The van der Waals surface area contributed by atoms with Crippen LogP contribution in [-0.2, 0) is 9.57 Å². The van der Waals surface area contributed by atoms with Crippen LogP contribution in [0.15, 0.2) is 17.3 Å². The lowest BCUT2D eigenvalue weighted by Crippen LogP contribution is -2.42. The van der Waals surface area contributed by atoms with Crippen molar-refractivity contribution in [3.05, 3.63) is 29.3 Å². The van der Waals surface area contributed by atoms with Gasteiger partial charge in [-0.15, -0.1) is 0 Å². The molecule has 0 atom stereocenters. The highest BCUT2D eigenvalue weighted by Crippen LogP contribution is 2.34. The molecule has 1 saturated carbocycles. The molecule has 6 nitrogen and oxygen atoms in total. The number of oxime groups is 1. The first kappa shape index (κ1) is 23.3. The molecule has 2 N–H and O–H groups in total. The van der Waals surface area contributed by atoms with Crippen LogP contribution in [0.4, 0.5) is 19.3 Å². The largest absolute Gasteiger partial charge is 0.444 e. The molecule has 1 aromatic rings. The number of carbonyl (C=O) groups is 1. The Morgan fingerprint density at radius 3 is 2.39 bits per heavy atom. The molecule has 8 heteroatoms. The molecule has 1 amide bonds. The summed E-state index contributed by atoms with van der Waals surface area (Å²) >= 11 is 0. The lowest BCUT2D eigenvalue weighted by atomic mass is 9.83. The molecule has 0 bridgehead atoms. The number of likely N-dealkylation sites (tertiary alicyclic amines) is 1. The number of hydrogen-bond donors (Lipinski definition) is 1. The zero-order valence-electron chi connectivity index (χ0n) is 18.6. The number of hydrogen-bond acceptors (Lipinski definition) is 5. The van der Waals surface area contributed by atoms with Gasteiger partial charge in [-0.25, -0.2) is 13.6 Å². The summed E-state index contributed by atoms with van der Waals surface area (Å²) in [5, 5.41) is 4.29. The maximum Gasteiger partial charge on any atom is 0.410 e. The van der Waals surface area contributed by atoms with Gasteiger partial charge in [-0.3, -0.25) is 0 Å². The van der Waals surface area contributed by atoms with E-state index in [4.69, 9.17) is 15.3 Å². The van der Waals surface area contributed by atoms with Crippen LogP contribution in [0.5, 0.6) is 0 Å². The molecule has 1 aromatic carbocycles. The van der Waals surface area contributed by atoms with Crippen molar-refractivity contribution in [3.8, 4) is 0 Å². The highest BCUT2D eigenvalue weighted by molar-refractivity contribution is 5.84. The Hall–Kier alpha value is -2.38. The van der Waals surface area contributed by atoms with Crippen LogP contribution in [0, 0.1) is 17.6 Å². The Balaban J connectivity index is 1.40. The SMILES string of the molecule is CC(C)(C)OC(=O)N1CCC(CON=C2CCC(c3cc(F)c(N)cc3F)CC2)CC1. The van der Waals surface area contributed by atoms with Crippen molar-refractivity contribution >= 4 is 17.5 Å². The third-order valence-electron chi connectivity index (χ3n) is 5.89. The quantitative estimate of drug-likeness (QED) is 0.517. The minimum atomic E-state index is -0.572. The summed E-state index contributed by atoms with van der Waals surface area (Å²) < 4.78 is 33.3. The van der Waals surface area contributed by atoms with Crippen molar-refractivity contribution in [2.45, 2.75) is 70.8 Å². The zero-order chi connectivity index (χ0) is 22.6. The smallest absolute Gasteiger partial charge is 0.410 e. The minimum Gasteiger partial charge on any atom is -0.444 e. The van der Waals surface area contributed by atoms with Gasteiger partial charge in [-0.05, 0) is 82.8 Å². The van der Waals surface area contributed by atoms with Gasteiger partial charge in [-0.2, -0.15) is 0 Å². The molecule has 2 aliphatic rings. The Bertz CT molecular complexity index is 805. The third kappa shape index (κ3) is 6.55. The van der Waals surface area contributed by atoms with Crippen LogP contribution in [0.2, 0.25) is 0 Å². The van der Waals surface area contributed by atoms with Gasteiger partial charge in [0.05, 0.1) is 11.4 Å². The second-order valence-electron chi connectivity index (χ2n) is 9.53. The maximum absolute atomic E-state index is 14.1. The predicted octanol–water partition coefficient (Wildman–Crippen LogP) is 5.22. The number of anilines is 1. The second kappa shape index (κ2) is 9.83. The van der Waals surface area contributed by atoms with E-state index < -0.39 is 17.2 Å². The van der Waals surface area contributed by atoms with E-state index in [-0.39, 0.29) is 17.7 Å². The van der Waals surface area contributed by atoms with E-state index in [9.17, 15) is 13.6 Å². The number of halogens is 2. The van der Waals surface area contributed by atoms with Gasteiger partial charge < -0.3 is 20.2 Å². The van der Waals surface area contributed by atoms with Crippen LogP contribution in [0.25, 0.3) is 0 Å². The van der Waals surface area contributed by atoms with E-state index in [1.165, 1.54) is 6.07 Å². The van der Waals surface area contributed by atoms with Gasteiger partial charge in [0.1, 0.15) is 23.8 Å². The molecule has 2 fully saturated rings. The highest BCUT2D eigenvalue weighted by atomic mass is 19.1. The first-order chi connectivity index (χ1) is 14.6. The fourth-order valence-corrected chi connectivity index (χ4v) is 4.09. The standard InChI is InChI=1S/C23H33F2N3O3/c1-23(2,3)31-22(29)28-10-8-15(9-11-28)14-30-27-17-6-4-16(5-7-17)18-12-20(25)21(26)13-19(18)24/h12-13,15-16H,4-11,14,26H2,1-3H3. The lowest BCUT2D eigenvalue weighted by Gasteiger charge is -2.33. The van der Waals surface area contributed by atoms with Gasteiger partial charge in [0.25, 0.3) is 0 Å². The van der Waals surface area contributed by atoms with E-state index in [0.29, 0.717) is 56.9 Å². The number of amides is 1. The molecule has 1 saturated heterocycles. The van der Waals surface area contributed by atoms with Crippen LogP contribution in [0.3, 0.4) is 0 Å². The number of ether oxygens (including phenoxy) is 1. The van der Waals surface area contributed by atoms with Crippen molar-refractivity contribution in [3.63, 3.8) is 0 Å². The average molecular weight is 438 g/mol. The molecule has 172 valence electrons. The summed E-state index contributed by atoms with van der Waals surface area (Å²) in [4.78, 5) is 19.5. The Morgan fingerprint density at radius 1 is 1.13 bits per heavy atom. The van der Waals surface area contributed by atoms with Crippen molar-refractivity contribution in [2.24, 2.45) is 11.1 Å². The summed E-state index contributed by atoms with van der Waals surface area (Å²) in [6.45, 7) is 7.43. The second-order valence-corrected chi connectivity index (χ2v) is 9.53. The number of benzene rings is 1. The van der Waals surface area contributed by atoms with Crippen molar-refractivity contribution < 1.29 is 23.1 Å². The summed E-state index contributed by atoms with van der Waals surface area (Å²) in [6.07, 6.45) is 4.26.